The molecule has 3 rings (SSSR count). The number of furan rings is 1. The first-order valence-corrected chi connectivity index (χ1v) is 7.87. The Morgan fingerprint density at radius 3 is 2.64 bits per heavy atom. The third-order valence-corrected chi connectivity index (χ3v) is 3.72. The summed E-state index contributed by atoms with van der Waals surface area (Å²) in [6.45, 7) is 4.18. The molecule has 3 N–H and O–H groups in total. The second kappa shape index (κ2) is 6.68. The van der Waals surface area contributed by atoms with Gasteiger partial charge in [-0.1, -0.05) is 23.8 Å². The lowest BCUT2D eigenvalue weighted by Gasteiger charge is -2.06. The highest BCUT2D eigenvalue weighted by molar-refractivity contribution is 6.14. The van der Waals surface area contributed by atoms with Crippen molar-refractivity contribution in [2.45, 2.75) is 13.8 Å². The van der Waals surface area contributed by atoms with Crippen LogP contribution in [-0.2, 0) is 0 Å². The van der Waals surface area contributed by atoms with Gasteiger partial charge in [0.25, 0.3) is 11.8 Å². The molecule has 0 atom stereocenters. The van der Waals surface area contributed by atoms with Gasteiger partial charge in [0.2, 0.25) is 5.76 Å². The monoisotopic (exact) mass is 338 g/mol. The quantitative estimate of drug-likeness (QED) is 0.744. The van der Waals surface area contributed by atoms with E-state index < -0.39 is 5.91 Å². The van der Waals surface area contributed by atoms with Crippen molar-refractivity contribution in [3.8, 4) is 5.75 Å². The molecule has 0 fully saturated rings. The average Bonchev–Trinajstić information content (AvgIpc) is 2.95. The first kappa shape index (κ1) is 16.6. The Labute approximate surface area is 144 Å². The van der Waals surface area contributed by atoms with Gasteiger partial charge in [-0.2, -0.15) is 0 Å². The summed E-state index contributed by atoms with van der Waals surface area (Å²) >= 11 is 0. The number of anilines is 1. The van der Waals surface area contributed by atoms with Gasteiger partial charge in [0.05, 0.1) is 6.61 Å². The molecule has 128 valence electrons. The zero-order chi connectivity index (χ0) is 18.0. The largest absolute Gasteiger partial charge is 0.490 e. The normalized spacial score (nSPS) is 10.6. The van der Waals surface area contributed by atoms with E-state index in [1.54, 1.807) is 36.4 Å². The fraction of sp³-hybridized carbons (Fsp3) is 0.158. The summed E-state index contributed by atoms with van der Waals surface area (Å²) in [5.41, 5.74) is 7.47. The van der Waals surface area contributed by atoms with Crippen LogP contribution in [0.1, 0.15) is 33.4 Å². The summed E-state index contributed by atoms with van der Waals surface area (Å²) < 4.78 is 11.1. The molecule has 1 heterocycles. The molecule has 6 heteroatoms. The molecule has 0 bridgehead atoms. The van der Waals surface area contributed by atoms with Crippen molar-refractivity contribution in [3.63, 3.8) is 0 Å². The van der Waals surface area contributed by atoms with Crippen molar-refractivity contribution < 1.29 is 18.7 Å². The highest BCUT2D eigenvalue weighted by Gasteiger charge is 2.23. The Kier molecular flexibility index (Phi) is 4.43. The molecule has 6 nitrogen and oxygen atoms in total. The summed E-state index contributed by atoms with van der Waals surface area (Å²) in [7, 11) is 0. The number of carbonyl (C=O) groups excluding carboxylic acids is 2. The number of fused-ring (bicyclic) bond motifs is 1. The number of ether oxygens (including phenoxy) is 1. The standard InChI is InChI=1S/C19H18N2O4/c1-3-24-14-9-5-8-13-15(17(18(20)22)25-16(13)14)21-19(23)12-7-4-6-11(2)10-12/h4-10H,3H2,1-2H3,(H2,20,22)(H,21,23). The first-order valence-electron chi connectivity index (χ1n) is 7.87. The fourth-order valence-corrected chi connectivity index (χ4v) is 2.63. The van der Waals surface area contributed by atoms with Crippen molar-refractivity contribution >= 4 is 28.5 Å². The van der Waals surface area contributed by atoms with Crippen molar-refractivity contribution in [2.24, 2.45) is 5.73 Å². The number of nitrogens with two attached hydrogens (primary N) is 1. The Morgan fingerprint density at radius 2 is 1.96 bits per heavy atom. The van der Waals surface area contributed by atoms with E-state index in [1.165, 1.54) is 0 Å². The number of nitrogens with one attached hydrogen (secondary N) is 1. The number of para-hydroxylation sites is 1. The van der Waals surface area contributed by atoms with Crippen LogP contribution in [0.15, 0.2) is 46.9 Å². The van der Waals surface area contributed by atoms with E-state index in [1.807, 2.05) is 19.9 Å². The van der Waals surface area contributed by atoms with Gasteiger partial charge in [-0.25, -0.2) is 0 Å². The van der Waals surface area contributed by atoms with E-state index in [0.29, 0.717) is 28.9 Å². The Bertz CT molecular complexity index is 959. The summed E-state index contributed by atoms with van der Waals surface area (Å²) in [6.07, 6.45) is 0. The van der Waals surface area contributed by atoms with Crippen molar-refractivity contribution in [1.82, 2.24) is 0 Å². The minimum absolute atomic E-state index is 0.108. The predicted octanol–water partition coefficient (Wildman–Crippen LogP) is 3.49. The molecule has 25 heavy (non-hydrogen) atoms. The van der Waals surface area contributed by atoms with Gasteiger partial charge in [-0.3, -0.25) is 9.59 Å². The summed E-state index contributed by atoms with van der Waals surface area (Å²) in [5.74, 6) is -0.740. The van der Waals surface area contributed by atoms with Gasteiger partial charge in [-0.05, 0) is 38.1 Å². The van der Waals surface area contributed by atoms with E-state index >= 15 is 0 Å². The van der Waals surface area contributed by atoms with E-state index in [4.69, 9.17) is 14.9 Å². The van der Waals surface area contributed by atoms with Crippen LogP contribution in [0.2, 0.25) is 0 Å². The molecule has 0 unspecified atom stereocenters. The SMILES string of the molecule is CCOc1cccc2c(NC(=O)c3cccc(C)c3)c(C(N)=O)oc12. The molecule has 0 aliphatic carbocycles. The summed E-state index contributed by atoms with van der Waals surface area (Å²) in [4.78, 5) is 24.3. The minimum atomic E-state index is -0.766. The number of rotatable bonds is 5. The van der Waals surface area contributed by atoms with Crippen LogP contribution in [0, 0.1) is 6.92 Å². The maximum absolute atomic E-state index is 12.6. The van der Waals surface area contributed by atoms with Crippen LogP contribution in [0.5, 0.6) is 5.75 Å². The molecule has 0 aliphatic heterocycles. The maximum atomic E-state index is 12.6. The molecule has 2 aromatic carbocycles. The van der Waals surface area contributed by atoms with E-state index in [0.717, 1.165) is 5.56 Å². The van der Waals surface area contributed by atoms with Gasteiger partial charge < -0.3 is 20.2 Å². The molecule has 1 aromatic heterocycles. The topological polar surface area (TPSA) is 94.6 Å². The smallest absolute Gasteiger partial charge is 0.286 e. The number of hydrogen-bond acceptors (Lipinski definition) is 4. The van der Waals surface area contributed by atoms with Gasteiger partial charge in [-0.15, -0.1) is 0 Å². The van der Waals surface area contributed by atoms with E-state index in [9.17, 15) is 9.59 Å². The Hall–Kier alpha value is -3.28. The lowest BCUT2D eigenvalue weighted by Crippen LogP contribution is -2.17. The molecular weight excluding hydrogens is 320 g/mol. The second-order valence-electron chi connectivity index (χ2n) is 5.56. The third-order valence-electron chi connectivity index (χ3n) is 3.72. The molecule has 0 radical (unpaired) electrons. The molecule has 0 spiro atoms. The van der Waals surface area contributed by atoms with Gasteiger partial charge >= 0.3 is 0 Å². The molecule has 3 aromatic rings. The van der Waals surface area contributed by atoms with E-state index in [2.05, 4.69) is 5.32 Å². The summed E-state index contributed by atoms with van der Waals surface area (Å²) in [5, 5.41) is 3.29. The molecule has 0 saturated carbocycles. The van der Waals surface area contributed by atoms with Crippen LogP contribution in [0.25, 0.3) is 11.0 Å². The third kappa shape index (κ3) is 3.19. The molecule has 0 saturated heterocycles. The van der Waals surface area contributed by atoms with Crippen molar-refractivity contribution in [2.75, 3.05) is 11.9 Å². The Morgan fingerprint density at radius 1 is 1.20 bits per heavy atom. The van der Waals surface area contributed by atoms with Gasteiger partial charge in [0, 0.05) is 10.9 Å². The first-order chi connectivity index (χ1) is 12.0. The highest BCUT2D eigenvalue weighted by atomic mass is 16.5. The molecular formula is C19H18N2O4. The van der Waals surface area contributed by atoms with Crippen molar-refractivity contribution in [3.05, 3.63) is 59.4 Å². The number of carbonyl (C=O) groups is 2. The zero-order valence-corrected chi connectivity index (χ0v) is 14.0. The lowest BCUT2D eigenvalue weighted by atomic mass is 10.1. The number of amides is 2. The number of hydrogen-bond donors (Lipinski definition) is 2. The second-order valence-corrected chi connectivity index (χ2v) is 5.56. The number of primary amides is 1. The van der Waals surface area contributed by atoms with Gasteiger partial charge in [0.15, 0.2) is 11.3 Å². The average molecular weight is 338 g/mol. The van der Waals surface area contributed by atoms with Gasteiger partial charge in [0.1, 0.15) is 5.69 Å². The molecule has 2 amide bonds. The Balaban J connectivity index is 2.08. The van der Waals surface area contributed by atoms with Crippen LogP contribution >= 0.6 is 0 Å². The highest BCUT2D eigenvalue weighted by Crippen LogP contribution is 2.36. The zero-order valence-electron chi connectivity index (χ0n) is 14.0. The number of benzene rings is 2. The van der Waals surface area contributed by atoms with Crippen LogP contribution in [-0.4, -0.2) is 18.4 Å². The number of aryl methyl sites for hydroxylation is 1. The van der Waals surface area contributed by atoms with E-state index in [-0.39, 0.29) is 17.4 Å². The summed E-state index contributed by atoms with van der Waals surface area (Å²) in [6, 6.07) is 12.4. The lowest BCUT2D eigenvalue weighted by molar-refractivity contribution is 0.0977. The van der Waals surface area contributed by atoms with Crippen LogP contribution < -0.4 is 15.8 Å². The van der Waals surface area contributed by atoms with Crippen LogP contribution in [0.3, 0.4) is 0 Å². The molecule has 0 aliphatic rings. The fourth-order valence-electron chi connectivity index (χ4n) is 2.63. The maximum Gasteiger partial charge on any atom is 0.286 e. The van der Waals surface area contributed by atoms with Crippen molar-refractivity contribution in [1.29, 1.82) is 0 Å². The minimum Gasteiger partial charge on any atom is -0.490 e. The predicted molar refractivity (Wildman–Crippen MR) is 95.0 cm³/mol. The van der Waals surface area contributed by atoms with Crippen LogP contribution in [0.4, 0.5) is 5.69 Å².